The standard InChI is InChI=1S/C18H15F3N2O2S/c1-23(10-16-22-14-4-2-3-5-15(14)26-16)17(24)11-25-13-8-6-12(7-9-13)18(19,20)21/h2-9H,10-11H2,1H3. The van der Waals surface area contributed by atoms with Crippen LogP contribution < -0.4 is 4.74 Å². The molecule has 0 aliphatic rings. The number of ether oxygens (including phenoxy) is 1. The highest BCUT2D eigenvalue weighted by Gasteiger charge is 2.30. The SMILES string of the molecule is CN(Cc1nc2ccccc2s1)C(=O)COc1ccc(C(F)(F)F)cc1. The van der Waals surface area contributed by atoms with Crippen LogP contribution in [0.15, 0.2) is 48.5 Å². The molecule has 0 spiro atoms. The molecule has 0 aliphatic carbocycles. The lowest BCUT2D eigenvalue weighted by atomic mass is 10.2. The third-order valence-electron chi connectivity index (χ3n) is 3.68. The van der Waals surface area contributed by atoms with Gasteiger partial charge < -0.3 is 9.64 Å². The number of thiazole rings is 1. The molecule has 0 radical (unpaired) electrons. The zero-order valence-electron chi connectivity index (χ0n) is 13.8. The quantitative estimate of drug-likeness (QED) is 0.661. The molecule has 1 amide bonds. The molecule has 1 heterocycles. The lowest BCUT2D eigenvalue weighted by Gasteiger charge is -2.16. The zero-order valence-corrected chi connectivity index (χ0v) is 14.6. The number of amides is 1. The number of hydrogen-bond donors (Lipinski definition) is 0. The molecule has 2 aromatic carbocycles. The molecule has 3 aromatic rings. The van der Waals surface area contributed by atoms with E-state index >= 15 is 0 Å². The summed E-state index contributed by atoms with van der Waals surface area (Å²) >= 11 is 1.51. The number of aromatic nitrogens is 1. The van der Waals surface area contributed by atoms with E-state index in [1.54, 1.807) is 7.05 Å². The predicted molar refractivity (Wildman–Crippen MR) is 93.0 cm³/mol. The van der Waals surface area contributed by atoms with E-state index in [1.165, 1.54) is 28.4 Å². The van der Waals surface area contributed by atoms with Gasteiger partial charge in [-0.05, 0) is 36.4 Å². The van der Waals surface area contributed by atoms with Crippen LogP contribution in [0, 0.1) is 0 Å². The summed E-state index contributed by atoms with van der Waals surface area (Å²) in [5.74, 6) is -0.0797. The second kappa shape index (κ2) is 7.33. The average Bonchev–Trinajstić information content (AvgIpc) is 3.01. The van der Waals surface area contributed by atoms with Crippen LogP contribution in [-0.2, 0) is 17.5 Å². The van der Waals surface area contributed by atoms with E-state index < -0.39 is 11.7 Å². The van der Waals surface area contributed by atoms with Crippen molar-refractivity contribution < 1.29 is 22.7 Å². The molecule has 0 fully saturated rings. The Kier molecular flexibility index (Phi) is 5.13. The molecule has 136 valence electrons. The van der Waals surface area contributed by atoms with Crippen LogP contribution in [0.25, 0.3) is 10.2 Å². The number of rotatable bonds is 5. The Morgan fingerprint density at radius 1 is 1.15 bits per heavy atom. The summed E-state index contributed by atoms with van der Waals surface area (Å²) in [5, 5.41) is 0.802. The van der Waals surface area contributed by atoms with E-state index in [-0.39, 0.29) is 18.3 Å². The summed E-state index contributed by atoms with van der Waals surface area (Å²) in [7, 11) is 1.63. The van der Waals surface area contributed by atoms with Crippen molar-refractivity contribution in [2.75, 3.05) is 13.7 Å². The second-order valence-electron chi connectivity index (χ2n) is 5.64. The number of alkyl halides is 3. The largest absolute Gasteiger partial charge is 0.484 e. The van der Waals surface area contributed by atoms with Crippen molar-refractivity contribution in [3.8, 4) is 5.75 Å². The number of carbonyl (C=O) groups excluding carboxylic acids is 1. The molecule has 26 heavy (non-hydrogen) atoms. The minimum Gasteiger partial charge on any atom is -0.484 e. The smallest absolute Gasteiger partial charge is 0.416 e. The predicted octanol–water partition coefficient (Wildman–Crippen LogP) is 4.35. The van der Waals surface area contributed by atoms with Crippen LogP contribution in [0.2, 0.25) is 0 Å². The Morgan fingerprint density at radius 3 is 2.50 bits per heavy atom. The first-order chi connectivity index (χ1) is 12.3. The minimum absolute atomic E-state index is 0.208. The molecule has 0 aliphatic heterocycles. The summed E-state index contributed by atoms with van der Waals surface area (Å²) in [5.41, 5.74) is 0.124. The number of para-hydroxylation sites is 1. The molecule has 4 nitrogen and oxygen atoms in total. The first kappa shape index (κ1) is 18.2. The Bertz CT molecular complexity index is 874. The molecule has 8 heteroatoms. The van der Waals surface area contributed by atoms with Gasteiger partial charge in [0.2, 0.25) is 0 Å². The van der Waals surface area contributed by atoms with Crippen molar-refractivity contribution in [3.63, 3.8) is 0 Å². The van der Waals surface area contributed by atoms with Gasteiger partial charge in [-0.2, -0.15) is 13.2 Å². The molecule has 0 unspecified atom stereocenters. The van der Waals surface area contributed by atoms with Gasteiger partial charge in [-0.1, -0.05) is 12.1 Å². The summed E-state index contributed by atoms with van der Waals surface area (Å²) < 4.78 is 43.9. The molecule has 1 aromatic heterocycles. The number of hydrogen-bond acceptors (Lipinski definition) is 4. The maximum atomic E-state index is 12.5. The van der Waals surface area contributed by atoms with Gasteiger partial charge in [-0.3, -0.25) is 4.79 Å². The summed E-state index contributed by atoms with van der Waals surface area (Å²) in [4.78, 5) is 18.1. The van der Waals surface area contributed by atoms with Crippen LogP contribution >= 0.6 is 11.3 Å². The van der Waals surface area contributed by atoms with Crippen molar-refractivity contribution in [2.24, 2.45) is 0 Å². The fourth-order valence-electron chi connectivity index (χ4n) is 2.27. The van der Waals surface area contributed by atoms with Crippen molar-refractivity contribution >= 4 is 27.5 Å². The number of benzene rings is 2. The van der Waals surface area contributed by atoms with Gasteiger partial charge in [0.25, 0.3) is 5.91 Å². The van der Waals surface area contributed by atoms with E-state index in [9.17, 15) is 18.0 Å². The highest BCUT2D eigenvalue weighted by atomic mass is 32.1. The van der Waals surface area contributed by atoms with E-state index in [2.05, 4.69) is 4.98 Å². The van der Waals surface area contributed by atoms with Gasteiger partial charge in [-0.25, -0.2) is 4.98 Å². The lowest BCUT2D eigenvalue weighted by Crippen LogP contribution is -2.30. The van der Waals surface area contributed by atoms with Gasteiger partial charge >= 0.3 is 6.18 Å². The summed E-state index contributed by atoms with van der Waals surface area (Å²) in [6, 6.07) is 11.9. The molecule has 0 saturated heterocycles. The van der Waals surface area contributed by atoms with E-state index in [0.717, 1.165) is 27.4 Å². The van der Waals surface area contributed by atoms with Crippen LogP contribution in [0.3, 0.4) is 0 Å². The molecule has 0 atom stereocenters. The number of fused-ring (bicyclic) bond motifs is 1. The second-order valence-corrected chi connectivity index (χ2v) is 6.75. The normalized spacial score (nSPS) is 11.5. The number of halogens is 3. The Labute approximate surface area is 151 Å². The van der Waals surface area contributed by atoms with Gasteiger partial charge in [-0.15, -0.1) is 11.3 Å². The van der Waals surface area contributed by atoms with Crippen molar-refractivity contribution in [1.29, 1.82) is 0 Å². The Balaban J connectivity index is 1.55. The highest BCUT2D eigenvalue weighted by molar-refractivity contribution is 7.18. The minimum atomic E-state index is -4.40. The van der Waals surface area contributed by atoms with Gasteiger partial charge in [0.05, 0.1) is 22.3 Å². The highest BCUT2D eigenvalue weighted by Crippen LogP contribution is 2.30. The monoisotopic (exact) mass is 380 g/mol. The van der Waals surface area contributed by atoms with E-state index in [4.69, 9.17) is 4.74 Å². The number of nitrogens with zero attached hydrogens (tertiary/aromatic N) is 2. The van der Waals surface area contributed by atoms with E-state index in [0.29, 0.717) is 6.54 Å². The third-order valence-corrected chi connectivity index (χ3v) is 4.70. The Hall–Kier alpha value is -2.61. The molecular formula is C18H15F3N2O2S. The molecule has 0 saturated carbocycles. The third kappa shape index (κ3) is 4.32. The zero-order chi connectivity index (χ0) is 18.7. The van der Waals surface area contributed by atoms with Crippen molar-refractivity contribution in [3.05, 3.63) is 59.1 Å². The summed E-state index contributed by atoms with van der Waals surface area (Å²) in [6.45, 7) is 0.0846. The van der Waals surface area contributed by atoms with E-state index in [1.807, 2.05) is 24.3 Å². The molecule has 0 bridgehead atoms. The van der Waals surface area contributed by atoms with Gasteiger partial charge in [0.15, 0.2) is 6.61 Å². The first-order valence-corrected chi connectivity index (χ1v) is 8.53. The first-order valence-electron chi connectivity index (χ1n) is 7.71. The fraction of sp³-hybridized carbons (Fsp3) is 0.222. The summed E-state index contributed by atoms with van der Waals surface area (Å²) in [6.07, 6.45) is -4.40. The molecular weight excluding hydrogens is 365 g/mol. The van der Waals surface area contributed by atoms with Crippen molar-refractivity contribution in [2.45, 2.75) is 12.7 Å². The van der Waals surface area contributed by atoms with Gasteiger partial charge in [0.1, 0.15) is 10.8 Å². The molecule has 3 rings (SSSR count). The van der Waals surface area contributed by atoms with Gasteiger partial charge in [0, 0.05) is 7.05 Å². The van der Waals surface area contributed by atoms with Crippen LogP contribution in [-0.4, -0.2) is 29.4 Å². The maximum absolute atomic E-state index is 12.5. The maximum Gasteiger partial charge on any atom is 0.416 e. The fourth-order valence-corrected chi connectivity index (χ4v) is 3.29. The topological polar surface area (TPSA) is 42.4 Å². The number of likely N-dealkylation sites (N-methyl/N-ethyl adjacent to an activating group) is 1. The molecule has 0 N–H and O–H groups in total. The number of carbonyl (C=O) groups is 1. The van der Waals surface area contributed by atoms with Crippen LogP contribution in [0.5, 0.6) is 5.75 Å². The van der Waals surface area contributed by atoms with Crippen molar-refractivity contribution in [1.82, 2.24) is 9.88 Å². The average molecular weight is 380 g/mol. The Morgan fingerprint density at radius 2 is 1.85 bits per heavy atom. The van der Waals surface area contributed by atoms with Crippen LogP contribution in [0.1, 0.15) is 10.6 Å². The van der Waals surface area contributed by atoms with Crippen LogP contribution in [0.4, 0.5) is 13.2 Å². The lowest BCUT2D eigenvalue weighted by molar-refractivity contribution is -0.137.